The number of hydrogen-bond donors (Lipinski definition) is 0. The van der Waals surface area contributed by atoms with Crippen molar-refractivity contribution >= 4 is 15.9 Å². The second-order valence-corrected chi connectivity index (χ2v) is 8.72. The number of sulfonamides is 1. The van der Waals surface area contributed by atoms with Gasteiger partial charge in [0, 0.05) is 39.4 Å². The number of hydrogen-bond acceptors (Lipinski definition) is 3. The van der Waals surface area contributed by atoms with E-state index >= 15 is 0 Å². The summed E-state index contributed by atoms with van der Waals surface area (Å²) < 4.78 is 28.4. The molecule has 0 radical (unpaired) electrons. The zero-order valence-electron chi connectivity index (χ0n) is 13.9. The minimum Gasteiger partial charge on any atom is -0.345 e. The minimum absolute atomic E-state index is 0.0677. The molecule has 0 saturated carbocycles. The Morgan fingerprint density at radius 1 is 1.17 bits per heavy atom. The van der Waals surface area contributed by atoms with Crippen molar-refractivity contribution in [3.8, 4) is 0 Å². The van der Waals surface area contributed by atoms with Crippen LogP contribution in [0.15, 0.2) is 17.2 Å². The number of amides is 1. The molecule has 0 bridgehead atoms. The van der Waals surface area contributed by atoms with Crippen LogP contribution in [-0.4, -0.2) is 54.3 Å². The van der Waals surface area contributed by atoms with Crippen molar-refractivity contribution in [2.75, 3.05) is 26.2 Å². The van der Waals surface area contributed by atoms with Gasteiger partial charge in [0.05, 0.1) is 0 Å². The van der Waals surface area contributed by atoms with Crippen LogP contribution in [0.2, 0.25) is 0 Å². The smallest absolute Gasteiger partial charge is 0.270 e. The molecular weight excluding hydrogens is 314 g/mol. The quantitative estimate of drug-likeness (QED) is 0.842. The number of aryl methyl sites for hydroxylation is 1. The Labute approximate surface area is 138 Å². The van der Waals surface area contributed by atoms with Crippen molar-refractivity contribution in [3.63, 3.8) is 0 Å². The minimum atomic E-state index is -3.47. The lowest BCUT2D eigenvalue weighted by molar-refractivity contribution is 0.0673. The molecule has 1 aromatic rings. The number of aromatic nitrogens is 1. The summed E-state index contributed by atoms with van der Waals surface area (Å²) in [5.41, 5.74) is 0.455. The summed E-state index contributed by atoms with van der Waals surface area (Å²) in [6.07, 6.45) is 5.53. The van der Waals surface area contributed by atoms with Crippen molar-refractivity contribution in [1.29, 1.82) is 0 Å². The molecule has 1 atom stereocenters. The highest BCUT2D eigenvalue weighted by Crippen LogP contribution is 2.24. The van der Waals surface area contributed by atoms with Crippen LogP contribution in [0.1, 0.15) is 43.1 Å². The standard InChI is InChI=1S/C16H25N3O3S/c1-13-6-5-7-18(11-13)16(20)15-10-14(12-17(15)2)23(21,22)19-8-3-4-9-19/h10,12-13H,3-9,11H2,1-2H3. The normalized spacial score (nSPS) is 23.4. The molecule has 2 aliphatic heterocycles. The lowest BCUT2D eigenvalue weighted by Gasteiger charge is -2.30. The SMILES string of the molecule is CC1CCCN(C(=O)c2cc(S(=O)(=O)N3CCCC3)cn2C)C1. The van der Waals surface area contributed by atoms with Crippen molar-refractivity contribution in [2.45, 2.75) is 37.5 Å². The second-order valence-electron chi connectivity index (χ2n) is 6.78. The largest absolute Gasteiger partial charge is 0.345 e. The highest BCUT2D eigenvalue weighted by atomic mass is 32.2. The van der Waals surface area contributed by atoms with Gasteiger partial charge in [-0.2, -0.15) is 4.31 Å². The fraction of sp³-hybridized carbons (Fsp3) is 0.688. The number of carbonyl (C=O) groups excluding carboxylic acids is 1. The zero-order chi connectivity index (χ0) is 16.6. The highest BCUT2D eigenvalue weighted by molar-refractivity contribution is 7.89. The lowest BCUT2D eigenvalue weighted by atomic mass is 10.00. The molecule has 0 aromatic carbocycles. The van der Waals surface area contributed by atoms with Crippen LogP contribution in [0.4, 0.5) is 0 Å². The Morgan fingerprint density at radius 3 is 2.52 bits per heavy atom. The molecule has 1 unspecified atom stereocenters. The second kappa shape index (κ2) is 6.28. The van der Waals surface area contributed by atoms with Crippen molar-refractivity contribution in [2.24, 2.45) is 13.0 Å². The molecule has 1 amide bonds. The van der Waals surface area contributed by atoms with E-state index in [0.29, 0.717) is 24.7 Å². The monoisotopic (exact) mass is 339 g/mol. The molecule has 128 valence electrons. The Hall–Kier alpha value is -1.34. The fourth-order valence-electron chi connectivity index (χ4n) is 3.50. The Bertz CT molecular complexity index is 689. The van der Waals surface area contributed by atoms with Crippen molar-refractivity contribution in [1.82, 2.24) is 13.8 Å². The predicted octanol–water partition coefficient (Wildman–Crippen LogP) is 1.68. The molecule has 2 aliphatic rings. The number of carbonyl (C=O) groups is 1. The maximum Gasteiger partial charge on any atom is 0.270 e. The van der Waals surface area contributed by atoms with E-state index < -0.39 is 10.0 Å². The number of nitrogens with zero attached hydrogens (tertiary/aromatic N) is 3. The van der Waals surface area contributed by atoms with Gasteiger partial charge < -0.3 is 9.47 Å². The molecule has 7 heteroatoms. The van der Waals surface area contributed by atoms with Gasteiger partial charge in [0.25, 0.3) is 5.91 Å². The Kier molecular flexibility index (Phi) is 4.51. The van der Waals surface area contributed by atoms with Crippen LogP contribution >= 0.6 is 0 Å². The maximum absolute atomic E-state index is 12.7. The van der Waals surface area contributed by atoms with Crippen LogP contribution in [-0.2, 0) is 17.1 Å². The summed E-state index contributed by atoms with van der Waals surface area (Å²) in [5, 5.41) is 0. The van der Waals surface area contributed by atoms with Gasteiger partial charge >= 0.3 is 0 Å². The third-order valence-electron chi connectivity index (χ3n) is 4.85. The average Bonchev–Trinajstić information content (AvgIpc) is 3.16. The summed E-state index contributed by atoms with van der Waals surface area (Å²) >= 11 is 0. The molecule has 1 aromatic heterocycles. The number of rotatable bonds is 3. The third kappa shape index (κ3) is 3.17. The first-order chi connectivity index (χ1) is 10.9. The zero-order valence-corrected chi connectivity index (χ0v) is 14.7. The topological polar surface area (TPSA) is 62.6 Å². The van der Waals surface area contributed by atoms with Gasteiger partial charge in [-0.3, -0.25) is 4.79 Å². The van der Waals surface area contributed by atoms with E-state index in [4.69, 9.17) is 0 Å². The van der Waals surface area contributed by atoms with Crippen LogP contribution in [0.3, 0.4) is 0 Å². The van der Waals surface area contributed by atoms with Gasteiger partial charge in [0.1, 0.15) is 10.6 Å². The average molecular weight is 339 g/mol. The van der Waals surface area contributed by atoms with Gasteiger partial charge in [-0.1, -0.05) is 6.92 Å². The van der Waals surface area contributed by atoms with Gasteiger partial charge in [-0.25, -0.2) is 8.42 Å². The van der Waals surface area contributed by atoms with Gasteiger partial charge in [-0.15, -0.1) is 0 Å². The molecule has 0 aliphatic carbocycles. The molecule has 6 nitrogen and oxygen atoms in total. The summed E-state index contributed by atoms with van der Waals surface area (Å²) in [6, 6.07) is 1.54. The first kappa shape index (κ1) is 16.5. The van der Waals surface area contributed by atoms with E-state index in [1.165, 1.54) is 10.4 Å². The summed E-state index contributed by atoms with van der Waals surface area (Å²) in [4.78, 5) is 14.8. The van der Waals surface area contributed by atoms with Crippen molar-refractivity contribution in [3.05, 3.63) is 18.0 Å². The van der Waals surface area contributed by atoms with E-state index in [1.54, 1.807) is 17.8 Å². The summed E-state index contributed by atoms with van der Waals surface area (Å²) in [6.45, 7) is 4.79. The molecule has 3 rings (SSSR count). The van der Waals surface area contributed by atoms with Crippen LogP contribution in [0.25, 0.3) is 0 Å². The molecule has 3 heterocycles. The van der Waals surface area contributed by atoms with Gasteiger partial charge in [0.2, 0.25) is 10.0 Å². The first-order valence-corrected chi connectivity index (χ1v) is 9.79. The van der Waals surface area contributed by atoms with Crippen LogP contribution in [0.5, 0.6) is 0 Å². The van der Waals surface area contributed by atoms with E-state index in [0.717, 1.165) is 38.8 Å². The summed E-state index contributed by atoms with van der Waals surface area (Å²) in [5.74, 6) is 0.433. The fourth-order valence-corrected chi connectivity index (χ4v) is 5.09. The summed E-state index contributed by atoms with van der Waals surface area (Å²) in [7, 11) is -1.73. The highest BCUT2D eigenvalue weighted by Gasteiger charge is 2.31. The molecule has 23 heavy (non-hydrogen) atoms. The molecule has 2 fully saturated rings. The van der Waals surface area contributed by atoms with E-state index in [9.17, 15) is 13.2 Å². The molecule has 0 spiro atoms. The molecule has 0 N–H and O–H groups in total. The van der Waals surface area contributed by atoms with E-state index in [-0.39, 0.29) is 10.8 Å². The lowest BCUT2D eigenvalue weighted by Crippen LogP contribution is -2.39. The first-order valence-electron chi connectivity index (χ1n) is 8.35. The van der Waals surface area contributed by atoms with Crippen LogP contribution in [0, 0.1) is 5.92 Å². The van der Waals surface area contributed by atoms with Gasteiger partial charge in [-0.05, 0) is 37.7 Å². The third-order valence-corrected chi connectivity index (χ3v) is 6.71. The van der Waals surface area contributed by atoms with Gasteiger partial charge in [0.15, 0.2) is 0 Å². The van der Waals surface area contributed by atoms with Crippen LogP contribution < -0.4 is 0 Å². The molecule has 2 saturated heterocycles. The number of piperidine rings is 1. The number of likely N-dealkylation sites (tertiary alicyclic amines) is 1. The Balaban J connectivity index is 1.84. The molecular formula is C16H25N3O3S. The van der Waals surface area contributed by atoms with E-state index in [1.807, 2.05) is 4.90 Å². The maximum atomic E-state index is 12.7. The Morgan fingerprint density at radius 2 is 1.87 bits per heavy atom. The van der Waals surface area contributed by atoms with E-state index in [2.05, 4.69) is 6.92 Å². The predicted molar refractivity (Wildman–Crippen MR) is 87.7 cm³/mol. The van der Waals surface area contributed by atoms with Crippen molar-refractivity contribution < 1.29 is 13.2 Å².